The zero-order chi connectivity index (χ0) is 11.5. The Balaban J connectivity index is 2.53. The summed E-state index contributed by atoms with van der Waals surface area (Å²) in [7, 11) is 0. The van der Waals surface area contributed by atoms with Crippen LogP contribution >= 0.6 is 0 Å². The van der Waals surface area contributed by atoms with Crippen LogP contribution in [0.1, 0.15) is 34.1 Å². The second-order valence-corrected chi connectivity index (χ2v) is 5.47. The van der Waals surface area contributed by atoms with Crippen LogP contribution in [0.5, 0.6) is 0 Å². The molecule has 1 fully saturated rings. The van der Waals surface area contributed by atoms with Crippen LogP contribution in [0.3, 0.4) is 0 Å². The zero-order valence-electron chi connectivity index (χ0n) is 10.4. The van der Waals surface area contributed by atoms with Crippen molar-refractivity contribution in [2.75, 3.05) is 13.1 Å². The average molecular weight is 211 g/mol. The van der Waals surface area contributed by atoms with Crippen molar-refractivity contribution in [3.05, 3.63) is 11.9 Å². The molecule has 0 bridgehead atoms. The van der Waals surface area contributed by atoms with Gasteiger partial charge in [-0.05, 0) is 24.3 Å². The molecule has 0 aromatic carbocycles. The minimum Gasteiger partial charge on any atom is -0.401 e. The van der Waals surface area contributed by atoms with E-state index in [-0.39, 0.29) is 0 Å². The first-order valence-corrected chi connectivity index (χ1v) is 5.86. The highest BCUT2D eigenvalue weighted by atomic mass is 15.0. The summed E-state index contributed by atoms with van der Waals surface area (Å²) in [5.74, 6) is 0.419. The van der Waals surface area contributed by atoms with Gasteiger partial charge in [-0.1, -0.05) is 27.7 Å². The van der Waals surface area contributed by atoms with E-state index in [1.807, 2.05) is 6.20 Å². The second kappa shape index (κ2) is 4.88. The first-order valence-electron chi connectivity index (χ1n) is 5.86. The van der Waals surface area contributed by atoms with Crippen molar-refractivity contribution in [3.63, 3.8) is 0 Å². The van der Waals surface area contributed by atoms with Crippen LogP contribution < -0.4 is 16.4 Å². The van der Waals surface area contributed by atoms with Gasteiger partial charge < -0.3 is 16.4 Å². The molecular weight excluding hydrogens is 186 g/mol. The van der Waals surface area contributed by atoms with E-state index in [0.717, 1.165) is 25.2 Å². The Labute approximate surface area is 93.5 Å². The van der Waals surface area contributed by atoms with Crippen LogP contribution in [0.25, 0.3) is 0 Å². The first kappa shape index (κ1) is 12.4. The monoisotopic (exact) mass is 211 g/mol. The van der Waals surface area contributed by atoms with Crippen LogP contribution in [0.15, 0.2) is 11.9 Å². The second-order valence-electron chi connectivity index (χ2n) is 5.47. The summed E-state index contributed by atoms with van der Waals surface area (Å²) in [4.78, 5) is 0. The third-order valence-electron chi connectivity index (χ3n) is 3.25. The molecule has 0 radical (unpaired) electrons. The van der Waals surface area contributed by atoms with Crippen molar-refractivity contribution in [3.8, 4) is 0 Å². The molecule has 1 aliphatic heterocycles. The van der Waals surface area contributed by atoms with Crippen molar-refractivity contribution in [1.29, 1.82) is 0 Å². The van der Waals surface area contributed by atoms with E-state index in [2.05, 4.69) is 38.3 Å². The number of hydrogen-bond acceptors (Lipinski definition) is 3. The normalized spacial score (nSPS) is 26.7. The van der Waals surface area contributed by atoms with Gasteiger partial charge in [0.15, 0.2) is 0 Å². The van der Waals surface area contributed by atoms with Crippen LogP contribution in [0.2, 0.25) is 0 Å². The van der Waals surface area contributed by atoms with Crippen molar-refractivity contribution in [2.24, 2.45) is 17.1 Å². The SMILES string of the molecule is CC(C)/C(N)=C/NC1CCNCC1(C)C. The molecule has 1 rings (SSSR count). The van der Waals surface area contributed by atoms with Gasteiger partial charge in [0.2, 0.25) is 0 Å². The number of nitrogens with one attached hydrogen (secondary N) is 2. The standard InChI is InChI=1S/C12H25N3/c1-9(2)10(13)7-15-11-5-6-14-8-12(11,3)4/h7,9,11,14-15H,5-6,8,13H2,1-4H3/b10-7-. The topological polar surface area (TPSA) is 50.1 Å². The number of nitrogens with two attached hydrogens (primary N) is 1. The quantitative estimate of drug-likeness (QED) is 0.662. The van der Waals surface area contributed by atoms with Gasteiger partial charge in [-0.25, -0.2) is 0 Å². The molecule has 3 nitrogen and oxygen atoms in total. The maximum atomic E-state index is 5.91. The van der Waals surface area contributed by atoms with Crippen LogP contribution in [0, 0.1) is 11.3 Å². The fraction of sp³-hybridized carbons (Fsp3) is 0.833. The Morgan fingerprint density at radius 3 is 2.73 bits per heavy atom. The largest absolute Gasteiger partial charge is 0.401 e. The highest BCUT2D eigenvalue weighted by Crippen LogP contribution is 2.25. The van der Waals surface area contributed by atoms with E-state index < -0.39 is 0 Å². The maximum Gasteiger partial charge on any atom is 0.0331 e. The Hall–Kier alpha value is -0.700. The fourth-order valence-corrected chi connectivity index (χ4v) is 1.84. The predicted octanol–water partition coefficient (Wildman–Crippen LogP) is 1.42. The Morgan fingerprint density at radius 2 is 2.20 bits per heavy atom. The van der Waals surface area contributed by atoms with E-state index in [1.165, 1.54) is 0 Å². The molecule has 0 aromatic rings. The first-order chi connectivity index (χ1) is 6.93. The number of hydrogen-bond donors (Lipinski definition) is 3. The van der Waals surface area contributed by atoms with Gasteiger partial charge in [0.05, 0.1) is 0 Å². The minimum atomic E-state index is 0.298. The van der Waals surface area contributed by atoms with Crippen LogP contribution in [0.4, 0.5) is 0 Å². The molecule has 1 heterocycles. The van der Waals surface area contributed by atoms with E-state index in [4.69, 9.17) is 5.73 Å². The zero-order valence-corrected chi connectivity index (χ0v) is 10.4. The molecule has 0 saturated carbocycles. The van der Waals surface area contributed by atoms with Crippen LogP contribution in [-0.2, 0) is 0 Å². The molecule has 15 heavy (non-hydrogen) atoms. The van der Waals surface area contributed by atoms with Gasteiger partial charge in [-0.15, -0.1) is 0 Å². The van der Waals surface area contributed by atoms with Crippen molar-refractivity contribution in [1.82, 2.24) is 10.6 Å². The molecule has 0 aromatic heterocycles. The van der Waals surface area contributed by atoms with Crippen molar-refractivity contribution < 1.29 is 0 Å². The third-order valence-corrected chi connectivity index (χ3v) is 3.25. The lowest BCUT2D eigenvalue weighted by molar-refractivity contribution is 0.199. The smallest absolute Gasteiger partial charge is 0.0331 e. The predicted molar refractivity (Wildman–Crippen MR) is 65.3 cm³/mol. The van der Waals surface area contributed by atoms with Crippen LogP contribution in [-0.4, -0.2) is 19.1 Å². The summed E-state index contributed by atoms with van der Waals surface area (Å²) in [5, 5.41) is 6.89. The van der Waals surface area contributed by atoms with Gasteiger partial charge in [-0.3, -0.25) is 0 Å². The number of piperidine rings is 1. The summed E-state index contributed by atoms with van der Waals surface area (Å²) in [6.45, 7) is 11.0. The summed E-state index contributed by atoms with van der Waals surface area (Å²) in [6, 6.07) is 0.524. The lowest BCUT2D eigenvalue weighted by Gasteiger charge is -2.39. The highest BCUT2D eigenvalue weighted by Gasteiger charge is 2.31. The molecule has 0 amide bonds. The molecule has 3 heteroatoms. The summed E-state index contributed by atoms with van der Waals surface area (Å²) in [5.41, 5.74) is 7.14. The molecule has 88 valence electrons. The molecule has 1 unspecified atom stereocenters. The minimum absolute atomic E-state index is 0.298. The lowest BCUT2D eigenvalue weighted by atomic mass is 9.80. The van der Waals surface area contributed by atoms with Crippen molar-refractivity contribution >= 4 is 0 Å². The van der Waals surface area contributed by atoms with E-state index in [0.29, 0.717) is 17.4 Å². The third kappa shape index (κ3) is 3.42. The van der Waals surface area contributed by atoms with Gasteiger partial charge in [-0.2, -0.15) is 0 Å². The fourth-order valence-electron chi connectivity index (χ4n) is 1.84. The molecule has 0 spiro atoms. The van der Waals surface area contributed by atoms with Gasteiger partial charge in [0, 0.05) is 24.5 Å². The van der Waals surface area contributed by atoms with E-state index >= 15 is 0 Å². The molecule has 1 atom stereocenters. The summed E-state index contributed by atoms with van der Waals surface area (Å²) in [6.07, 6.45) is 3.15. The number of rotatable bonds is 3. The lowest BCUT2D eigenvalue weighted by Crippen LogP contribution is -2.51. The maximum absolute atomic E-state index is 5.91. The van der Waals surface area contributed by atoms with E-state index in [1.54, 1.807) is 0 Å². The number of allylic oxidation sites excluding steroid dienone is 1. The Kier molecular flexibility index (Phi) is 4.03. The Morgan fingerprint density at radius 1 is 1.53 bits per heavy atom. The van der Waals surface area contributed by atoms with Gasteiger partial charge in [0.25, 0.3) is 0 Å². The molecule has 4 N–H and O–H groups in total. The van der Waals surface area contributed by atoms with E-state index in [9.17, 15) is 0 Å². The van der Waals surface area contributed by atoms with Gasteiger partial charge in [0.1, 0.15) is 0 Å². The molecule has 1 saturated heterocycles. The summed E-state index contributed by atoms with van der Waals surface area (Å²) >= 11 is 0. The average Bonchev–Trinajstić information content (AvgIpc) is 2.14. The summed E-state index contributed by atoms with van der Waals surface area (Å²) < 4.78 is 0. The molecular formula is C12H25N3. The Bertz CT molecular complexity index is 231. The van der Waals surface area contributed by atoms with Gasteiger partial charge >= 0.3 is 0 Å². The molecule has 0 aliphatic carbocycles. The van der Waals surface area contributed by atoms with Crippen molar-refractivity contribution in [2.45, 2.75) is 40.2 Å². The molecule has 1 aliphatic rings. The highest BCUT2D eigenvalue weighted by molar-refractivity contribution is 5.01.